The van der Waals surface area contributed by atoms with Gasteiger partial charge in [0.1, 0.15) is 22.8 Å². The molecule has 2 amide bonds. The molecule has 8 rings (SSSR count). The van der Waals surface area contributed by atoms with Crippen molar-refractivity contribution in [2.75, 3.05) is 13.1 Å². The van der Waals surface area contributed by atoms with Gasteiger partial charge in [0.15, 0.2) is 0 Å². The zero-order chi connectivity index (χ0) is 42.7. The monoisotopic (exact) mass is 826 g/mol. The van der Waals surface area contributed by atoms with E-state index in [9.17, 15) is 19.2 Å². The molecular weight excluding hydrogens is 767 g/mol. The van der Waals surface area contributed by atoms with Crippen molar-refractivity contribution < 1.29 is 37.4 Å². The molecular formula is C48H60F2N4O6. The molecule has 4 atom stereocenters. The van der Waals surface area contributed by atoms with Crippen LogP contribution in [-0.4, -0.2) is 79.1 Å². The molecule has 0 aliphatic carbocycles. The number of carbonyl (C=O) groups excluding carboxylic acids is 4. The smallest absolute Gasteiger partial charge is 0.307 e. The third-order valence-electron chi connectivity index (χ3n) is 13.0. The van der Waals surface area contributed by atoms with Crippen LogP contribution in [0.25, 0.3) is 33.2 Å². The topological polar surface area (TPSA) is 103 Å². The summed E-state index contributed by atoms with van der Waals surface area (Å²) >= 11 is 0. The van der Waals surface area contributed by atoms with Crippen molar-refractivity contribution in [1.29, 1.82) is 0 Å². The van der Waals surface area contributed by atoms with Crippen LogP contribution in [0.3, 0.4) is 0 Å². The van der Waals surface area contributed by atoms with Crippen molar-refractivity contribution in [2.24, 2.45) is 11.8 Å². The SMILES string of the molecule is CC(C)(C)OC(=O)C[C@H]1CCCC[C@H](CC(=O)OC(C)(C)C)C(=O)N2CCC[C@H]2Cc2c3n(c4cc(F)ccc24)CCn2c-3c(c3ccc(F)cc32)C[C@@H]2CCCN2C1=O. The van der Waals surface area contributed by atoms with E-state index in [0.717, 1.165) is 70.0 Å². The first-order valence-electron chi connectivity index (χ1n) is 22.1. The van der Waals surface area contributed by atoms with E-state index in [4.69, 9.17) is 9.47 Å². The highest BCUT2D eigenvalue weighted by molar-refractivity contribution is 5.98. The number of rotatable bonds is 4. The zero-order valence-electron chi connectivity index (χ0n) is 36.1. The molecule has 2 saturated heterocycles. The minimum Gasteiger partial charge on any atom is -0.460 e. The van der Waals surface area contributed by atoms with Crippen LogP contribution in [-0.2, 0) is 54.6 Å². The van der Waals surface area contributed by atoms with Gasteiger partial charge in [-0.2, -0.15) is 0 Å². The molecule has 4 aromatic rings. The van der Waals surface area contributed by atoms with Gasteiger partial charge >= 0.3 is 11.9 Å². The average molecular weight is 827 g/mol. The van der Waals surface area contributed by atoms with Crippen molar-refractivity contribution in [3.05, 3.63) is 59.2 Å². The van der Waals surface area contributed by atoms with Gasteiger partial charge in [0, 0.05) is 60.9 Å². The first-order chi connectivity index (χ1) is 28.5. The number of hydrogen-bond donors (Lipinski definition) is 0. The van der Waals surface area contributed by atoms with Gasteiger partial charge in [-0.25, -0.2) is 8.78 Å². The fourth-order valence-electron chi connectivity index (χ4n) is 10.6. The fraction of sp³-hybridized carbons (Fsp3) is 0.583. The summed E-state index contributed by atoms with van der Waals surface area (Å²) < 4.78 is 46.2. The predicted octanol–water partition coefficient (Wildman–Crippen LogP) is 8.89. The summed E-state index contributed by atoms with van der Waals surface area (Å²) in [4.78, 5) is 60.2. The van der Waals surface area contributed by atoms with Gasteiger partial charge in [-0.1, -0.05) is 12.8 Å². The standard InChI is InChI=1S/C48H60F2N4O6/c1-47(2,3)59-41(55)23-29-11-7-8-12-30(24-42(56)60-48(4,5)6)46(58)52-20-10-14-34(52)28-38-36-18-16-32(50)26-40(36)54-22-21-53-39-25-31(49)15-17-35(39)37(43(53)44(38)54)27-33-13-9-19-51(33)45(29)57/h15-18,25-26,29-30,33-34H,7-14,19-24,27-28H2,1-6H3/t29-,30-,33+,34+/m1/s1. The molecule has 4 aliphatic rings. The first-order valence-corrected chi connectivity index (χ1v) is 22.1. The van der Waals surface area contributed by atoms with Gasteiger partial charge < -0.3 is 28.4 Å². The van der Waals surface area contributed by atoms with Crippen LogP contribution in [0.1, 0.15) is 117 Å². The molecule has 6 heterocycles. The quantitative estimate of drug-likeness (QED) is 0.191. The molecule has 10 nitrogen and oxygen atoms in total. The van der Waals surface area contributed by atoms with Crippen molar-refractivity contribution in [1.82, 2.24) is 18.9 Å². The largest absolute Gasteiger partial charge is 0.460 e. The Labute approximate surface area is 351 Å². The van der Waals surface area contributed by atoms with E-state index in [2.05, 4.69) is 9.13 Å². The Morgan fingerprint density at radius 2 is 1.00 bits per heavy atom. The first kappa shape index (κ1) is 42.0. The lowest BCUT2D eigenvalue weighted by Crippen LogP contribution is -2.42. The molecule has 322 valence electrons. The number of benzene rings is 2. The molecule has 0 saturated carbocycles. The van der Waals surface area contributed by atoms with E-state index in [1.165, 1.54) is 12.1 Å². The normalized spacial score (nSPS) is 23.0. The van der Waals surface area contributed by atoms with Crippen LogP contribution < -0.4 is 0 Å². The molecule has 0 radical (unpaired) electrons. The number of ether oxygens (including phenoxy) is 2. The summed E-state index contributed by atoms with van der Waals surface area (Å²) in [7, 11) is 0. The van der Waals surface area contributed by atoms with E-state index >= 15 is 8.78 Å². The number of nitrogens with zero attached hydrogens (tertiary/aromatic N) is 4. The minimum absolute atomic E-state index is 0.0566. The average Bonchev–Trinajstić information content (AvgIpc) is 3.95. The molecule has 2 aromatic heterocycles. The van der Waals surface area contributed by atoms with Crippen LogP contribution in [0.4, 0.5) is 8.78 Å². The zero-order valence-corrected chi connectivity index (χ0v) is 36.1. The molecule has 0 bridgehead atoms. The molecule has 0 spiro atoms. The second-order valence-corrected chi connectivity index (χ2v) is 19.6. The summed E-state index contributed by atoms with van der Waals surface area (Å²) in [6, 6.07) is 9.55. The second kappa shape index (κ2) is 16.3. The maximum atomic E-state index is 15.1. The van der Waals surface area contributed by atoms with Crippen LogP contribution >= 0.6 is 0 Å². The Morgan fingerprint density at radius 3 is 1.38 bits per heavy atom. The van der Waals surface area contributed by atoms with Crippen molar-refractivity contribution in [2.45, 2.75) is 155 Å². The van der Waals surface area contributed by atoms with E-state index in [0.29, 0.717) is 64.7 Å². The van der Waals surface area contributed by atoms with E-state index in [1.807, 2.05) is 63.5 Å². The number of aromatic nitrogens is 2. The van der Waals surface area contributed by atoms with Crippen LogP contribution in [0.5, 0.6) is 0 Å². The highest BCUT2D eigenvalue weighted by Gasteiger charge is 2.40. The lowest BCUT2D eigenvalue weighted by molar-refractivity contribution is -0.159. The van der Waals surface area contributed by atoms with Gasteiger partial charge in [-0.15, -0.1) is 0 Å². The lowest BCUT2D eigenvalue weighted by atomic mass is 9.90. The van der Waals surface area contributed by atoms with Gasteiger partial charge in [0.2, 0.25) is 11.8 Å². The number of carbonyl (C=O) groups is 4. The Hall–Kier alpha value is -4.74. The summed E-state index contributed by atoms with van der Waals surface area (Å²) in [5.41, 5.74) is 4.05. The highest BCUT2D eigenvalue weighted by atomic mass is 19.1. The van der Waals surface area contributed by atoms with Crippen LogP contribution in [0, 0.1) is 23.5 Å². The van der Waals surface area contributed by atoms with Gasteiger partial charge in [0.25, 0.3) is 0 Å². The number of amides is 2. The lowest BCUT2D eigenvalue weighted by Gasteiger charge is -2.32. The van der Waals surface area contributed by atoms with E-state index in [1.54, 1.807) is 12.1 Å². The minimum atomic E-state index is -0.712. The fourth-order valence-corrected chi connectivity index (χ4v) is 10.6. The number of hydrogen-bond acceptors (Lipinski definition) is 6. The van der Waals surface area contributed by atoms with Crippen LogP contribution in [0.2, 0.25) is 0 Å². The van der Waals surface area contributed by atoms with E-state index in [-0.39, 0.29) is 48.4 Å². The summed E-state index contributed by atoms with van der Waals surface area (Å²) in [5.74, 6) is -2.95. The van der Waals surface area contributed by atoms with Gasteiger partial charge in [-0.05, 0) is 140 Å². The molecule has 2 aromatic carbocycles. The Balaban J connectivity index is 1.27. The van der Waals surface area contributed by atoms with E-state index < -0.39 is 35.0 Å². The maximum absolute atomic E-state index is 15.1. The molecule has 0 unspecified atom stereocenters. The number of fused-ring (bicyclic) bond motifs is 8. The maximum Gasteiger partial charge on any atom is 0.307 e. The van der Waals surface area contributed by atoms with Crippen LogP contribution in [0.15, 0.2) is 36.4 Å². The van der Waals surface area contributed by atoms with Crippen molar-refractivity contribution in [3.63, 3.8) is 0 Å². The Bertz CT molecular complexity index is 2170. The second-order valence-electron chi connectivity index (χ2n) is 19.6. The molecule has 60 heavy (non-hydrogen) atoms. The number of aryl methyl sites for hydroxylation is 2. The highest BCUT2D eigenvalue weighted by Crippen LogP contribution is 2.45. The predicted molar refractivity (Wildman–Crippen MR) is 226 cm³/mol. The van der Waals surface area contributed by atoms with Crippen molar-refractivity contribution >= 4 is 45.6 Å². The molecule has 2 fully saturated rings. The van der Waals surface area contributed by atoms with Gasteiger partial charge in [0.05, 0.1) is 35.3 Å². The molecule has 0 N–H and O–H groups in total. The van der Waals surface area contributed by atoms with Gasteiger partial charge in [-0.3, -0.25) is 19.2 Å². The Kier molecular flexibility index (Phi) is 11.4. The number of esters is 2. The van der Waals surface area contributed by atoms with Crippen molar-refractivity contribution in [3.8, 4) is 11.4 Å². The summed E-state index contributed by atoms with van der Waals surface area (Å²) in [5, 5.41) is 1.84. The molecule has 4 aliphatic heterocycles. The summed E-state index contributed by atoms with van der Waals surface area (Å²) in [6.45, 7) is 13.1. The summed E-state index contributed by atoms with van der Waals surface area (Å²) in [6.07, 6.45) is 6.19. The third-order valence-corrected chi connectivity index (χ3v) is 13.0. The molecule has 12 heteroatoms. The number of halogens is 2. The Morgan fingerprint density at radius 1 is 0.600 bits per heavy atom. The third kappa shape index (κ3) is 8.44.